The lowest BCUT2D eigenvalue weighted by Gasteiger charge is -2.25. The number of ether oxygens (including phenoxy) is 1. The molecule has 0 bridgehead atoms. The quantitative estimate of drug-likeness (QED) is 0.781. The molecule has 3 heterocycles. The summed E-state index contributed by atoms with van der Waals surface area (Å²) in [5.41, 5.74) is 2.16. The molecule has 0 saturated carbocycles. The van der Waals surface area contributed by atoms with E-state index in [9.17, 15) is 9.59 Å². The molecule has 1 atom stereocenters. The minimum absolute atomic E-state index is 0.0594. The van der Waals surface area contributed by atoms with Gasteiger partial charge in [-0.05, 0) is 25.5 Å². The molecule has 142 valence electrons. The fourth-order valence-corrected chi connectivity index (χ4v) is 3.74. The number of carbonyl (C=O) groups excluding carboxylic acids is 2. The average Bonchev–Trinajstić information content (AvgIpc) is 2.84. The highest BCUT2D eigenvalue weighted by molar-refractivity contribution is 5.89. The highest BCUT2D eigenvalue weighted by Gasteiger charge is 2.36. The molecule has 0 aromatic carbocycles. The summed E-state index contributed by atoms with van der Waals surface area (Å²) in [5, 5.41) is 0. The van der Waals surface area contributed by atoms with Gasteiger partial charge < -0.3 is 19.4 Å². The molecule has 0 unspecified atom stereocenters. The molecule has 2 aliphatic heterocycles. The Morgan fingerprint density at radius 3 is 2.92 bits per heavy atom. The van der Waals surface area contributed by atoms with Crippen LogP contribution in [0.1, 0.15) is 18.5 Å². The van der Waals surface area contributed by atoms with E-state index in [4.69, 9.17) is 4.74 Å². The monoisotopic (exact) mass is 360 g/mol. The van der Waals surface area contributed by atoms with Crippen LogP contribution in [0.2, 0.25) is 0 Å². The van der Waals surface area contributed by atoms with Crippen LogP contribution in [0.25, 0.3) is 0 Å². The SMILES string of the molecule is COCCN1C[C@@H](C(=O)N2CCCN(c3ccnc(C)c3)CC2)CC1=O. The first-order valence-corrected chi connectivity index (χ1v) is 9.31. The van der Waals surface area contributed by atoms with E-state index in [1.54, 1.807) is 12.0 Å². The van der Waals surface area contributed by atoms with Crippen LogP contribution >= 0.6 is 0 Å². The maximum atomic E-state index is 12.9. The topological polar surface area (TPSA) is 66.0 Å². The average molecular weight is 360 g/mol. The second-order valence-electron chi connectivity index (χ2n) is 7.05. The van der Waals surface area contributed by atoms with Gasteiger partial charge in [-0.3, -0.25) is 14.6 Å². The predicted molar refractivity (Wildman–Crippen MR) is 98.9 cm³/mol. The number of hydrogen-bond acceptors (Lipinski definition) is 5. The Labute approximate surface area is 154 Å². The van der Waals surface area contributed by atoms with Gasteiger partial charge in [0.15, 0.2) is 0 Å². The second-order valence-corrected chi connectivity index (χ2v) is 7.05. The summed E-state index contributed by atoms with van der Waals surface area (Å²) in [6, 6.07) is 4.11. The summed E-state index contributed by atoms with van der Waals surface area (Å²) in [7, 11) is 1.62. The maximum Gasteiger partial charge on any atom is 0.228 e. The third kappa shape index (κ3) is 4.33. The zero-order valence-electron chi connectivity index (χ0n) is 15.7. The molecule has 7 heteroatoms. The fourth-order valence-electron chi connectivity index (χ4n) is 3.74. The summed E-state index contributed by atoms with van der Waals surface area (Å²) < 4.78 is 5.04. The summed E-state index contributed by atoms with van der Waals surface area (Å²) in [6.07, 6.45) is 3.09. The van der Waals surface area contributed by atoms with Crippen molar-refractivity contribution >= 4 is 17.5 Å². The van der Waals surface area contributed by atoms with Gasteiger partial charge in [0.1, 0.15) is 0 Å². The van der Waals surface area contributed by atoms with E-state index >= 15 is 0 Å². The van der Waals surface area contributed by atoms with Crippen LogP contribution in [0.5, 0.6) is 0 Å². The molecule has 2 amide bonds. The second kappa shape index (κ2) is 8.49. The normalized spacial score (nSPS) is 21.2. The van der Waals surface area contributed by atoms with Crippen molar-refractivity contribution in [2.24, 2.45) is 5.92 Å². The van der Waals surface area contributed by atoms with Gasteiger partial charge in [0, 0.05) is 70.4 Å². The maximum absolute atomic E-state index is 12.9. The van der Waals surface area contributed by atoms with Crippen molar-refractivity contribution < 1.29 is 14.3 Å². The first-order chi connectivity index (χ1) is 12.6. The highest BCUT2D eigenvalue weighted by atomic mass is 16.5. The summed E-state index contributed by atoms with van der Waals surface area (Å²) in [5.74, 6) is -0.0378. The van der Waals surface area contributed by atoms with E-state index in [1.165, 1.54) is 0 Å². The van der Waals surface area contributed by atoms with E-state index in [0.717, 1.165) is 37.4 Å². The van der Waals surface area contributed by atoms with Crippen molar-refractivity contribution in [3.8, 4) is 0 Å². The number of likely N-dealkylation sites (tertiary alicyclic amines) is 1. The van der Waals surface area contributed by atoms with Crippen LogP contribution in [0, 0.1) is 12.8 Å². The first kappa shape index (κ1) is 18.6. The van der Waals surface area contributed by atoms with Crippen LogP contribution in [-0.2, 0) is 14.3 Å². The predicted octanol–water partition coefficient (Wildman–Crippen LogP) is 0.924. The van der Waals surface area contributed by atoms with Gasteiger partial charge in [0.25, 0.3) is 0 Å². The molecule has 2 fully saturated rings. The van der Waals surface area contributed by atoms with Gasteiger partial charge in [-0.1, -0.05) is 0 Å². The largest absolute Gasteiger partial charge is 0.383 e. The van der Waals surface area contributed by atoms with Crippen LogP contribution in [0.3, 0.4) is 0 Å². The Kier molecular flexibility index (Phi) is 6.08. The number of anilines is 1. The number of hydrogen-bond donors (Lipinski definition) is 0. The van der Waals surface area contributed by atoms with Crippen LogP contribution in [-0.4, -0.2) is 79.6 Å². The number of nitrogens with zero attached hydrogens (tertiary/aromatic N) is 4. The van der Waals surface area contributed by atoms with Crippen molar-refractivity contribution in [3.63, 3.8) is 0 Å². The third-order valence-corrected chi connectivity index (χ3v) is 5.18. The van der Waals surface area contributed by atoms with Crippen molar-refractivity contribution in [2.75, 3.05) is 57.9 Å². The van der Waals surface area contributed by atoms with Crippen LogP contribution in [0.15, 0.2) is 18.3 Å². The lowest BCUT2D eigenvalue weighted by Crippen LogP contribution is -2.40. The molecule has 0 aliphatic carbocycles. The molecule has 3 rings (SSSR count). The number of pyridine rings is 1. The zero-order valence-corrected chi connectivity index (χ0v) is 15.7. The summed E-state index contributed by atoms with van der Waals surface area (Å²) in [6.45, 7) is 6.77. The number of aryl methyl sites for hydroxylation is 1. The Balaban J connectivity index is 1.57. The van der Waals surface area contributed by atoms with Gasteiger partial charge >= 0.3 is 0 Å². The van der Waals surface area contributed by atoms with E-state index in [0.29, 0.717) is 32.7 Å². The number of aromatic nitrogens is 1. The molecular weight excluding hydrogens is 332 g/mol. The molecule has 0 spiro atoms. The van der Waals surface area contributed by atoms with Crippen molar-refractivity contribution in [2.45, 2.75) is 19.8 Å². The van der Waals surface area contributed by atoms with Gasteiger partial charge in [0.2, 0.25) is 11.8 Å². The lowest BCUT2D eigenvalue weighted by molar-refractivity contribution is -0.135. The Morgan fingerprint density at radius 1 is 1.31 bits per heavy atom. The molecule has 2 aliphatic rings. The van der Waals surface area contributed by atoms with Crippen LogP contribution < -0.4 is 4.90 Å². The minimum atomic E-state index is -0.214. The molecule has 1 aromatic rings. The van der Waals surface area contributed by atoms with Gasteiger partial charge in [-0.2, -0.15) is 0 Å². The number of amides is 2. The molecule has 0 radical (unpaired) electrons. The molecule has 7 nitrogen and oxygen atoms in total. The first-order valence-electron chi connectivity index (χ1n) is 9.31. The molecule has 0 N–H and O–H groups in total. The van der Waals surface area contributed by atoms with E-state index in [1.807, 2.05) is 24.1 Å². The molecule has 26 heavy (non-hydrogen) atoms. The molecule has 2 saturated heterocycles. The smallest absolute Gasteiger partial charge is 0.228 e. The minimum Gasteiger partial charge on any atom is -0.383 e. The Bertz CT molecular complexity index is 651. The molecular formula is C19H28N4O3. The van der Waals surface area contributed by atoms with Crippen molar-refractivity contribution in [1.82, 2.24) is 14.8 Å². The molecule has 1 aromatic heterocycles. The third-order valence-electron chi connectivity index (χ3n) is 5.18. The highest BCUT2D eigenvalue weighted by Crippen LogP contribution is 2.22. The Hall–Kier alpha value is -2.15. The standard InChI is InChI=1S/C19H28N4O3/c1-15-12-17(4-5-20-15)21-6-3-7-22(9-8-21)19(25)16-13-18(24)23(14-16)10-11-26-2/h4-5,12,16H,3,6-11,13-14H2,1-2H3/t16-/m0/s1. The van der Waals surface area contributed by atoms with Gasteiger partial charge in [-0.15, -0.1) is 0 Å². The van der Waals surface area contributed by atoms with Crippen molar-refractivity contribution in [3.05, 3.63) is 24.0 Å². The van der Waals surface area contributed by atoms with E-state index in [-0.39, 0.29) is 17.7 Å². The van der Waals surface area contributed by atoms with Crippen LogP contribution in [0.4, 0.5) is 5.69 Å². The number of carbonyl (C=O) groups is 2. The fraction of sp³-hybridized carbons (Fsp3) is 0.632. The summed E-state index contributed by atoms with van der Waals surface area (Å²) >= 11 is 0. The van der Waals surface area contributed by atoms with Gasteiger partial charge in [-0.25, -0.2) is 0 Å². The van der Waals surface area contributed by atoms with Crippen molar-refractivity contribution in [1.29, 1.82) is 0 Å². The lowest BCUT2D eigenvalue weighted by atomic mass is 10.1. The number of rotatable bonds is 5. The Morgan fingerprint density at radius 2 is 2.15 bits per heavy atom. The van der Waals surface area contributed by atoms with E-state index in [2.05, 4.69) is 16.0 Å². The summed E-state index contributed by atoms with van der Waals surface area (Å²) in [4.78, 5) is 35.2. The van der Waals surface area contributed by atoms with Gasteiger partial charge in [0.05, 0.1) is 12.5 Å². The zero-order chi connectivity index (χ0) is 18.5. The van der Waals surface area contributed by atoms with E-state index < -0.39 is 0 Å². The number of methoxy groups -OCH3 is 1.